The van der Waals surface area contributed by atoms with Gasteiger partial charge in [-0.2, -0.15) is 10.2 Å². The molecule has 1 amide bonds. The van der Waals surface area contributed by atoms with Crippen LogP contribution in [-0.4, -0.2) is 45.8 Å². The van der Waals surface area contributed by atoms with Crippen LogP contribution in [0.3, 0.4) is 0 Å². The third kappa shape index (κ3) is 3.71. The molecular formula is C24H24N4O3. The van der Waals surface area contributed by atoms with Gasteiger partial charge in [-0.05, 0) is 49.1 Å². The van der Waals surface area contributed by atoms with Crippen molar-refractivity contribution in [2.45, 2.75) is 26.2 Å². The number of likely N-dealkylation sites (tertiary alicyclic amines) is 1. The van der Waals surface area contributed by atoms with Gasteiger partial charge in [0.25, 0.3) is 5.89 Å². The smallest absolute Gasteiger partial charge is 0.258 e. The van der Waals surface area contributed by atoms with Crippen molar-refractivity contribution >= 4 is 11.5 Å². The highest BCUT2D eigenvalue weighted by Crippen LogP contribution is 2.53. The number of aromatic nitrogens is 2. The largest absolute Gasteiger partial charge is 0.395 e. The van der Waals surface area contributed by atoms with Gasteiger partial charge in [-0.1, -0.05) is 30.0 Å². The van der Waals surface area contributed by atoms with Crippen LogP contribution in [0.5, 0.6) is 0 Å². The summed E-state index contributed by atoms with van der Waals surface area (Å²) in [5, 5.41) is 22.6. The predicted molar refractivity (Wildman–Crippen MR) is 115 cm³/mol. The van der Waals surface area contributed by atoms with E-state index < -0.39 is 0 Å². The van der Waals surface area contributed by atoms with E-state index in [0.717, 1.165) is 29.6 Å². The molecule has 2 aliphatic rings. The number of amides is 1. The first kappa shape index (κ1) is 20.8. The third-order valence-corrected chi connectivity index (χ3v) is 6.13. The number of benzene rings is 1. The minimum Gasteiger partial charge on any atom is -0.395 e. The van der Waals surface area contributed by atoms with Gasteiger partial charge in [0.15, 0.2) is 0 Å². The van der Waals surface area contributed by atoms with Gasteiger partial charge >= 0.3 is 0 Å². The second kappa shape index (κ2) is 8.32. The summed E-state index contributed by atoms with van der Waals surface area (Å²) < 4.78 is 5.50. The van der Waals surface area contributed by atoms with Crippen molar-refractivity contribution in [3.8, 4) is 17.5 Å². The lowest BCUT2D eigenvalue weighted by Gasteiger charge is -2.24. The Morgan fingerprint density at radius 2 is 2.32 bits per heavy atom. The molecule has 7 heteroatoms. The lowest BCUT2D eigenvalue weighted by molar-refractivity contribution is -0.128. The Morgan fingerprint density at radius 1 is 1.48 bits per heavy atom. The van der Waals surface area contributed by atoms with E-state index in [0.29, 0.717) is 42.4 Å². The second-order valence-corrected chi connectivity index (χ2v) is 7.98. The number of carbonyl (C=O) groups is 1. The Hall–Kier alpha value is -3.50. The Labute approximate surface area is 181 Å². The number of hydrogen-bond acceptors (Lipinski definition) is 6. The van der Waals surface area contributed by atoms with Gasteiger partial charge in [-0.25, -0.2) is 0 Å². The summed E-state index contributed by atoms with van der Waals surface area (Å²) in [7, 11) is 0. The number of allylic oxidation sites excluding steroid dienone is 4. The molecule has 31 heavy (non-hydrogen) atoms. The van der Waals surface area contributed by atoms with Gasteiger partial charge in [-0.3, -0.25) is 4.79 Å². The number of β-amino-alcohol motifs (C(OH)–C–C–N with tert-alkyl or cyclic N) is 1. The van der Waals surface area contributed by atoms with Crippen LogP contribution in [-0.2, 0) is 4.79 Å². The minimum absolute atomic E-state index is 0.0422. The van der Waals surface area contributed by atoms with E-state index >= 15 is 0 Å². The first-order chi connectivity index (χ1) is 15.0. The molecule has 0 unspecified atom stereocenters. The summed E-state index contributed by atoms with van der Waals surface area (Å²) in [6.45, 7) is 7.17. The van der Waals surface area contributed by atoms with Crippen LogP contribution >= 0.6 is 0 Å². The summed E-state index contributed by atoms with van der Waals surface area (Å²) in [6.07, 6.45) is 5.88. The molecule has 1 aliphatic heterocycles. The molecule has 2 aromatic rings. The number of aliphatic hydroxyl groups is 1. The van der Waals surface area contributed by atoms with Gasteiger partial charge in [0.2, 0.25) is 11.7 Å². The molecule has 1 spiro atoms. The zero-order chi connectivity index (χ0) is 22.0. The number of nitrogens with zero attached hydrogens (tertiary/aromatic N) is 4. The Kier molecular flexibility index (Phi) is 5.57. The molecule has 1 atom stereocenters. The van der Waals surface area contributed by atoms with Crippen LogP contribution in [0.1, 0.15) is 37.6 Å². The molecule has 1 aromatic heterocycles. The molecule has 2 fully saturated rings. The molecule has 0 radical (unpaired) electrons. The maximum absolute atomic E-state index is 12.4. The fraction of sp³-hybridized carbons (Fsp3) is 0.333. The van der Waals surface area contributed by atoms with Crippen molar-refractivity contribution < 1.29 is 14.4 Å². The summed E-state index contributed by atoms with van der Waals surface area (Å²) in [5.41, 5.74) is 3.72. The molecule has 1 N–H and O–H groups in total. The van der Waals surface area contributed by atoms with Crippen LogP contribution in [0.25, 0.3) is 17.0 Å². The van der Waals surface area contributed by atoms with E-state index in [4.69, 9.17) is 9.78 Å². The molecule has 158 valence electrons. The van der Waals surface area contributed by atoms with Gasteiger partial charge in [0, 0.05) is 36.1 Å². The number of hydrogen-bond donors (Lipinski definition) is 1. The normalized spacial score (nSPS) is 22.7. The van der Waals surface area contributed by atoms with Crippen LogP contribution in [0.4, 0.5) is 0 Å². The number of carbonyl (C=O) groups excluding carboxylic acids is 1. The Balaban J connectivity index is 1.69. The first-order valence-electron chi connectivity index (χ1n) is 10.3. The fourth-order valence-corrected chi connectivity index (χ4v) is 4.54. The molecule has 2 heterocycles. The average molecular weight is 416 g/mol. The Morgan fingerprint density at radius 3 is 3.06 bits per heavy atom. The fourth-order valence-electron chi connectivity index (χ4n) is 4.54. The molecule has 1 saturated carbocycles. The van der Waals surface area contributed by atoms with Crippen LogP contribution in [0.15, 0.2) is 58.7 Å². The maximum Gasteiger partial charge on any atom is 0.258 e. The van der Waals surface area contributed by atoms with Crippen LogP contribution < -0.4 is 0 Å². The average Bonchev–Trinajstić information content (AvgIpc) is 3.46. The summed E-state index contributed by atoms with van der Waals surface area (Å²) >= 11 is 0. The predicted octanol–water partition coefficient (Wildman–Crippen LogP) is 3.50. The maximum atomic E-state index is 12.4. The van der Waals surface area contributed by atoms with Gasteiger partial charge in [0.1, 0.15) is 0 Å². The first-order valence-corrected chi connectivity index (χ1v) is 10.3. The number of rotatable bonds is 5. The number of aliphatic hydroxyl groups excluding tert-OH is 1. The topological polar surface area (TPSA) is 103 Å². The molecule has 1 aromatic carbocycles. The highest BCUT2D eigenvalue weighted by atomic mass is 16.5. The van der Waals surface area contributed by atoms with E-state index in [9.17, 15) is 9.90 Å². The Bertz CT molecular complexity index is 1140. The zero-order valence-corrected chi connectivity index (χ0v) is 17.5. The van der Waals surface area contributed by atoms with E-state index in [2.05, 4.69) is 22.8 Å². The van der Waals surface area contributed by atoms with Gasteiger partial charge in [0.05, 0.1) is 18.2 Å². The van der Waals surface area contributed by atoms with Crippen molar-refractivity contribution in [2.75, 3.05) is 19.7 Å². The minimum atomic E-state index is -0.303. The van der Waals surface area contributed by atoms with Gasteiger partial charge < -0.3 is 14.5 Å². The van der Waals surface area contributed by atoms with Gasteiger partial charge in [-0.15, -0.1) is 0 Å². The molecule has 1 aliphatic carbocycles. The van der Waals surface area contributed by atoms with Crippen molar-refractivity contribution in [1.82, 2.24) is 15.0 Å². The van der Waals surface area contributed by atoms with Crippen molar-refractivity contribution in [3.05, 3.63) is 65.5 Å². The van der Waals surface area contributed by atoms with Crippen LogP contribution in [0.2, 0.25) is 0 Å². The van der Waals surface area contributed by atoms with E-state index in [1.54, 1.807) is 23.1 Å². The summed E-state index contributed by atoms with van der Waals surface area (Å²) in [4.78, 5) is 18.7. The van der Waals surface area contributed by atoms with Crippen molar-refractivity contribution in [1.29, 1.82) is 5.26 Å². The van der Waals surface area contributed by atoms with E-state index in [-0.39, 0.29) is 17.9 Å². The third-order valence-electron chi connectivity index (χ3n) is 6.13. The van der Waals surface area contributed by atoms with E-state index in [1.165, 1.54) is 0 Å². The lowest BCUT2D eigenvalue weighted by atomic mass is 9.81. The number of nitriles is 1. The standard InChI is InChI=1S/C24H24N4O3/c1-3-5-20(22-26-23(31-27-22)18-7-4-6-17(12-18)14-25)19-8-9-24(16(19)2)13-21(30)28(15-24)10-11-29/h3-7,12,29H,2,8-11,13,15H2,1H3/b5-3-,20-19+/t24-/m0/s1. The monoisotopic (exact) mass is 416 g/mol. The molecule has 0 bridgehead atoms. The van der Waals surface area contributed by atoms with Crippen LogP contribution in [0, 0.1) is 16.7 Å². The molecule has 4 rings (SSSR count). The second-order valence-electron chi connectivity index (χ2n) is 7.98. The molecule has 1 saturated heterocycles. The summed E-state index contributed by atoms with van der Waals surface area (Å²) in [5.74, 6) is 0.863. The van der Waals surface area contributed by atoms with Crippen molar-refractivity contribution in [2.24, 2.45) is 5.41 Å². The zero-order valence-electron chi connectivity index (χ0n) is 17.5. The molecule has 7 nitrogen and oxygen atoms in total. The lowest BCUT2D eigenvalue weighted by Crippen LogP contribution is -2.30. The highest BCUT2D eigenvalue weighted by molar-refractivity contribution is 5.83. The molecular weight excluding hydrogens is 392 g/mol. The van der Waals surface area contributed by atoms with Crippen molar-refractivity contribution in [3.63, 3.8) is 0 Å². The summed E-state index contributed by atoms with van der Waals surface area (Å²) in [6, 6.07) is 9.15. The van der Waals surface area contributed by atoms with E-state index in [1.807, 2.05) is 25.1 Å². The quantitative estimate of drug-likeness (QED) is 0.800. The highest BCUT2D eigenvalue weighted by Gasteiger charge is 2.49. The SMILES string of the molecule is C=C1/C(=C(\C=C/C)c2noc(-c3cccc(C#N)c3)n2)CC[C@@]12CC(=O)N(CCO)C2.